The summed E-state index contributed by atoms with van der Waals surface area (Å²) in [5.41, 5.74) is 4.41. The average molecular weight is 441 g/mol. The minimum Gasteiger partial charge on any atom is -0.454 e. The molecule has 5 heteroatoms. The summed E-state index contributed by atoms with van der Waals surface area (Å²) in [7, 11) is 0. The number of piperidine rings is 1. The third kappa shape index (κ3) is 4.48. The molecule has 0 bridgehead atoms. The van der Waals surface area contributed by atoms with Gasteiger partial charge in [0.1, 0.15) is 11.3 Å². The molecule has 170 valence electrons. The van der Waals surface area contributed by atoms with Crippen LogP contribution in [0, 0.1) is 0 Å². The number of furan rings is 1. The molecule has 0 radical (unpaired) electrons. The van der Waals surface area contributed by atoms with Crippen molar-refractivity contribution in [2.75, 3.05) is 26.2 Å². The van der Waals surface area contributed by atoms with Gasteiger partial charge in [-0.05, 0) is 69.6 Å². The zero-order chi connectivity index (χ0) is 22.0. The largest absolute Gasteiger partial charge is 0.454 e. The maximum Gasteiger partial charge on any atom is 0.156 e. The van der Waals surface area contributed by atoms with Crippen LogP contribution in [0.4, 0.5) is 0 Å². The van der Waals surface area contributed by atoms with Crippen molar-refractivity contribution in [1.82, 2.24) is 19.6 Å². The van der Waals surface area contributed by atoms with Gasteiger partial charge in [0.2, 0.25) is 0 Å². The SMILES string of the molecule is c1ccc(Cn2cc(CN3CCC(N4CCCC4)CC3)c(-c3cc4ccccc4o3)n2)cc1. The van der Waals surface area contributed by atoms with Crippen molar-refractivity contribution < 1.29 is 4.42 Å². The fourth-order valence-corrected chi connectivity index (χ4v) is 5.53. The summed E-state index contributed by atoms with van der Waals surface area (Å²) in [4.78, 5) is 5.32. The highest BCUT2D eigenvalue weighted by Gasteiger charge is 2.27. The summed E-state index contributed by atoms with van der Waals surface area (Å²) in [5, 5.41) is 6.13. The maximum atomic E-state index is 6.23. The fraction of sp³-hybridized carbons (Fsp3) is 0.393. The van der Waals surface area contributed by atoms with Crippen LogP contribution in [0.25, 0.3) is 22.4 Å². The lowest BCUT2D eigenvalue weighted by molar-refractivity contribution is 0.122. The molecule has 2 aliphatic heterocycles. The van der Waals surface area contributed by atoms with Gasteiger partial charge in [0.25, 0.3) is 0 Å². The molecule has 4 heterocycles. The lowest BCUT2D eigenvalue weighted by Gasteiger charge is -2.36. The molecule has 2 fully saturated rings. The van der Waals surface area contributed by atoms with E-state index >= 15 is 0 Å². The number of hydrogen-bond donors (Lipinski definition) is 0. The van der Waals surface area contributed by atoms with E-state index in [4.69, 9.17) is 9.52 Å². The summed E-state index contributed by atoms with van der Waals surface area (Å²) in [6, 6.07) is 21.7. The Bertz CT molecular complexity index is 1160. The molecule has 0 spiro atoms. The van der Waals surface area contributed by atoms with Crippen LogP contribution in [0.1, 0.15) is 36.8 Å². The van der Waals surface area contributed by atoms with E-state index in [1.165, 1.54) is 49.9 Å². The molecule has 0 unspecified atom stereocenters. The van der Waals surface area contributed by atoms with Gasteiger partial charge < -0.3 is 9.32 Å². The van der Waals surface area contributed by atoms with Crippen LogP contribution in [0.2, 0.25) is 0 Å². The van der Waals surface area contributed by atoms with Gasteiger partial charge in [-0.25, -0.2) is 0 Å². The lowest BCUT2D eigenvalue weighted by atomic mass is 10.0. The third-order valence-corrected chi connectivity index (χ3v) is 7.29. The Labute approximate surface area is 195 Å². The summed E-state index contributed by atoms with van der Waals surface area (Å²) in [5.74, 6) is 0.866. The number of aromatic nitrogens is 2. The molecule has 4 aromatic rings. The lowest BCUT2D eigenvalue weighted by Crippen LogP contribution is -2.43. The standard InChI is InChI=1S/C28H32N4O/c1-2-8-22(9-3-1)19-32-21-24(20-30-16-12-25(13-17-30)31-14-6-7-15-31)28(29-32)27-18-23-10-4-5-11-26(23)33-27/h1-5,8-11,18,21,25H,6-7,12-17,19-20H2. The minimum absolute atomic E-state index is 0.769. The Morgan fingerprint density at radius 1 is 0.848 bits per heavy atom. The minimum atomic E-state index is 0.769. The Morgan fingerprint density at radius 3 is 2.39 bits per heavy atom. The number of fused-ring (bicyclic) bond motifs is 1. The second-order valence-corrected chi connectivity index (χ2v) is 9.58. The number of para-hydroxylation sites is 1. The first-order chi connectivity index (χ1) is 16.3. The second-order valence-electron chi connectivity index (χ2n) is 9.58. The third-order valence-electron chi connectivity index (χ3n) is 7.29. The summed E-state index contributed by atoms with van der Waals surface area (Å²) in [6.07, 6.45) is 7.53. The highest BCUT2D eigenvalue weighted by atomic mass is 16.3. The predicted molar refractivity (Wildman–Crippen MR) is 132 cm³/mol. The first-order valence-electron chi connectivity index (χ1n) is 12.4. The molecule has 33 heavy (non-hydrogen) atoms. The van der Waals surface area contributed by atoms with Crippen LogP contribution in [-0.2, 0) is 13.1 Å². The first kappa shape index (κ1) is 20.7. The number of rotatable bonds is 6. The van der Waals surface area contributed by atoms with Gasteiger partial charge in [0, 0.05) is 29.7 Å². The number of nitrogens with zero attached hydrogens (tertiary/aromatic N) is 4. The van der Waals surface area contributed by atoms with Crippen molar-refractivity contribution in [3.63, 3.8) is 0 Å². The summed E-state index contributed by atoms with van der Waals surface area (Å²) >= 11 is 0. The Morgan fingerprint density at radius 2 is 1.61 bits per heavy atom. The second kappa shape index (κ2) is 9.16. The van der Waals surface area contributed by atoms with Crippen LogP contribution >= 0.6 is 0 Å². The molecule has 2 aromatic heterocycles. The van der Waals surface area contributed by atoms with Crippen LogP contribution in [0.5, 0.6) is 0 Å². The predicted octanol–water partition coefficient (Wildman–Crippen LogP) is 5.40. The van der Waals surface area contributed by atoms with Gasteiger partial charge in [-0.15, -0.1) is 0 Å². The zero-order valence-electron chi connectivity index (χ0n) is 19.2. The monoisotopic (exact) mass is 440 g/mol. The maximum absolute atomic E-state index is 6.23. The van der Waals surface area contributed by atoms with E-state index < -0.39 is 0 Å². The molecule has 5 nitrogen and oxygen atoms in total. The van der Waals surface area contributed by atoms with Crippen molar-refractivity contribution in [3.8, 4) is 11.5 Å². The quantitative estimate of drug-likeness (QED) is 0.402. The van der Waals surface area contributed by atoms with Gasteiger partial charge in [-0.3, -0.25) is 9.58 Å². The topological polar surface area (TPSA) is 37.4 Å². The molecular formula is C28H32N4O. The van der Waals surface area contributed by atoms with Gasteiger partial charge in [0.05, 0.1) is 6.54 Å². The number of likely N-dealkylation sites (tertiary alicyclic amines) is 2. The molecule has 0 atom stereocenters. The molecule has 0 aliphatic carbocycles. The van der Waals surface area contributed by atoms with E-state index in [-0.39, 0.29) is 0 Å². The van der Waals surface area contributed by atoms with Gasteiger partial charge in [-0.1, -0.05) is 48.5 Å². The van der Waals surface area contributed by atoms with Crippen molar-refractivity contribution >= 4 is 11.0 Å². The van der Waals surface area contributed by atoms with E-state index in [0.717, 1.165) is 54.6 Å². The average Bonchev–Trinajstić information content (AvgIpc) is 3.60. The highest BCUT2D eigenvalue weighted by molar-refractivity contribution is 5.82. The molecule has 0 saturated carbocycles. The Balaban J connectivity index is 1.24. The Kier molecular flexibility index (Phi) is 5.75. The Hall–Kier alpha value is -2.89. The summed E-state index contributed by atoms with van der Waals surface area (Å²) < 4.78 is 8.30. The van der Waals surface area contributed by atoms with Crippen LogP contribution < -0.4 is 0 Å². The van der Waals surface area contributed by atoms with Gasteiger partial charge in [-0.2, -0.15) is 5.10 Å². The fourth-order valence-electron chi connectivity index (χ4n) is 5.53. The van der Waals surface area contributed by atoms with E-state index in [1.807, 2.05) is 12.1 Å². The van der Waals surface area contributed by atoms with Gasteiger partial charge >= 0.3 is 0 Å². The van der Waals surface area contributed by atoms with Gasteiger partial charge in [0.15, 0.2) is 5.76 Å². The molecule has 2 saturated heterocycles. The number of hydrogen-bond acceptors (Lipinski definition) is 4. The van der Waals surface area contributed by atoms with Crippen molar-refractivity contribution in [1.29, 1.82) is 0 Å². The molecule has 2 aromatic carbocycles. The van der Waals surface area contributed by atoms with Crippen LogP contribution in [0.15, 0.2) is 71.3 Å². The van der Waals surface area contributed by atoms with E-state index in [2.05, 4.69) is 69.2 Å². The van der Waals surface area contributed by atoms with E-state index in [9.17, 15) is 0 Å². The number of benzene rings is 2. The van der Waals surface area contributed by atoms with Crippen molar-refractivity contribution in [2.24, 2.45) is 0 Å². The van der Waals surface area contributed by atoms with Crippen molar-refractivity contribution in [3.05, 3.63) is 78.0 Å². The molecular weight excluding hydrogens is 408 g/mol. The summed E-state index contributed by atoms with van der Waals surface area (Å²) in [6.45, 7) is 6.61. The molecule has 2 aliphatic rings. The molecule has 6 rings (SSSR count). The normalized spacial score (nSPS) is 18.4. The van der Waals surface area contributed by atoms with Crippen LogP contribution in [0.3, 0.4) is 0 Å². The first-order valence-corrected chi connectivity index (χ1v) is 12.4. The van der Waals surface area contributed by atoms with E-state index in [1.54, 1.807) is 0 Å². The van der Waals surface area contributed by atoms with Crippen LogP contribution in [-0.4, -0.2) is 51.8 Å². The van der Waals surface area contributed by atoms with E-state index in [0.29, 0.717) is 0 Å². The molecule has 0 amide bonds. The highest BCUT2D eigenvalue weighted by Crippen LogP contribution is 2.31. The zero-order valence-corrected chi connectivity index (χ0v) is 19.2. The smallest absolute Gasteiger partial charge is 0.156 e. The van der Waals surface area contributed by atoms with Crippen molar-refractivity contribution in [2.45, 2.75) is 44.8 Å². The molecule has 0 N–H and O–H groups in total.